The third kappa shape index (κ3) is 2.73. The molecule has 17 heavy (non-hydrogen) atoms. The van der Waals surface area contributed by atoms with Crippen LogP contribution in [-0.2, 0) is 4.74 Å². The van der Waals surface area contributed by atoms with Crippen LogP contribution in [0.25, 0.3) is 0 Å². The Labute approximate surface area is 103 Å². The third-order valence-electron chi connectivity index (χ3n) is 3.03. The van der Waals surface area contributed by atoms with E-state index < -0.39 is 0 Å². The Morgan fingerprint density at radius 2 is 2.18 bits per heavy atom. The van der Waals surface area contributed by atoms with Gasteiger partial charge in [-0.15, -0.1) is 0 Å². The monoisotopic (exact) mass is 237 g/mol. The molecule has 0 spiro atoms. The Balaban J connectivity index is 2.04. The predicted octanol–water partition coefficient (Wildman–Crippen LogP) is 0.170. The van der Waals surface area contributed by atoms with E-state index in [4.69, 9.17) is 4.74 Å². The fourth-order valence-electron chi connectivity index (χ4n) is 2.39. The number of ether oxygens (including phenoxy) is 1. The summed E-state index contributed by atoms with van der Waals surface area (Å²) in [6.07, 6.45) is 1.12. The molecule has 0 saturated carbocycles. The van der Waals surface area contributed by atoms with E-state index >= 15 is 0 Å². The molecule has 2 heterocycles. The van der Waals surface area contributed by atoms with E-state index in [1.165, 1.54) is 6.42 Å². The van der Waals surface area contributed by atoms with E-state index in [-0.39, 0.29) is 12.0 Å². The van der Waals surface area contributed by atoms with Crippen LogP contribution in [0.5, 0.6) is 0 Å². The SMILES string of the molecule is CC(C)OC(=O)[B][N+]1=C2N(C)CCCN2CC1. The highest BCUT2D eigenvalue weighted by Crippen LogP contribution is 2.11. The molecule has 6 heteroatoms. The summed E-state index contributed by atoms with van der Waals surface area (Å²) in [5.74, 6) is 0.880. The second-order valence-corrected chi connectivity index (χ2v) is 4.87. The van der Waals surface area contributed by atoms with Crippen molar-refractivity contribution in [3.8, 4) is 0 Å². The van der Waals surface area contributed by atoms with Gasteiger partial charge in [-0.25, -0.2) is 0 Å². The van der Waals surface area contributed by atoms with Crippen LogP contribution in [0.3, 0.4) is 0 Å². The fourth-order valence-corrected chi connectivity index (χ4v) is 2.39. The van der Waals surface area contributed by atoms with Crippen molar-refractivity contribution in [3.63, 3.8) is 0 Å². The van der Waals surface area contributed by atoms with E-state index in [2.05, 4.69) is 16.8 Å². The van der Waals surface area contributed by atoms with Crippen molar-refractivity contribution in [1.82, 2.24) is 9.80 Å². The maximum Gasteiger partial charge on any atom is 0.487 e. The molecule has 2 aliphatic rings. The smallest absolute Gasteiger partial charge is 0.468 e. The summed E-state index contributed by atoms with van der Waals surface area (Å²) < 4.78 is 7.14. The van der Waals surface area contributed by atoms with Gasteiger partial charge in [0.1, 0.15) is 0 Å². The van der Waals surface area contributed by atoms with Gasteiger partial charge in [-0.2, -0.15) is 0 Å². The molecule has 0 aromatic carbocycles. The molecule has 5 nitrogen and oxygen atoms in total. The molecule has 0 aliphatic carbocycles. The minimum Gasteiger partial charge on any atom is -0.468 e. The summed E-state index contributed by atoms with van der Waals surface area (Å²) in [5.41, 5.74) is 0. The zero-order valence-corrected chi connectivity index (χ0v) is 10.8. The topological polar surface area (TPSA) is 35.8 Å². The predicted molar refractivity (Wildman–Crippen MR) is 66.3 cm³/mol. The fraction of sp³-hybridized carbons (Fsp3) is 0.818. The quantitative estimate of drug-likeness (QED) is 0.655. The van der Waals surface area contributed by atoms with Crippen molar-refractivity contribution >= 4 is 19.2 Å². The van der Waals surface area contributed by atoms with E-state index in [0.29, 0.717) is 0 Å². The van der Waals surface area contributed by atoms with Gasteiger partial charge in [-0.05, 0) is 13.8 Å². The van der Waals surface area contributed by atoms with Crippen molar-refractivity contribution in [1.29, 1.82) is 0 Å². The van der Waals surface area contributed by atoms with E-state index in [1.807, 2.05) is 18.3 Å². The number of hydrogen-bond donors (Lipinski definition) is 0. The number of rotatable bonds is 3. The summed E-state index contributed by atoms with van der Waals surface area (Å²) in [7, 11) is 3.65. The average molecular weight is 237 g/mol. The lowest BCUT2D eigenvalue weighted by atomic mass is 9.94. The van der Waals surface area contributed by atoms with Crippen LogP contribution in [0.1, 0.15) is 20.3 Å². The van der Waals surface area contributed by atoms with E-state index in [9.17, 15) is 4.79 Å². The molecule has 0 aromatic rings. The van der Waals surface area contributed by atoms with Crippen molar-refractivity contribution in [2.45, 2.75) is 26.4 Å². The molecule has 0 bridgehead atoms. The number of fused-ring (bicyclic) bond motifs is 1. The molecule has 0 aromatic heterocycles. The lowest BCUT2D eigenvalue weighted by Crippen LogP contribution is -2.49. The number of carbonyl (C=O) groups is 1. The number of carbonyl (C=O) groups excluding carboxylic acids is 1. The lowest BCUT2D eigenvalue weighted by molar-refractivity contribution is -0.373. The second kappa shape index (κ2) is 4.98. The summed E-state index contributed by atoms with van der Waals surface area (Å²) in [6, 6.07) is 0. The van der Waals surface area contributed by atoms with Gasteiger partial charge in [0.05, 0.1) is 39.3 Å². The summed E-state index contributed by atoms with van der Waals surface area (Å²) in [6.45, 7) is 7.72. The van der Waals surface area contributed by atoms with E-state index in [0.717, 1.165) is 32.1 Å². The van der Waals surface area contributed by atoms with Gasteiger partial charge in [-0.3, -0.25) is 14.6 Å². The van der Waals surface area contributed by atoms with Crippen LogP contribution in [0, 0.1) is 0 Å². The largest absolute Gasteiger partial charge is 0.487 e. The minimum absolute atomic E-state index is 0.0634. The number of hydrogen-bond acceptors (Lipinski definition) is 4. The molecular weight excluding hydrogens is 217 g/mol. The Morgan fingerprint density at radius 1 is 1.41 bits per heavy atom. The molecule has 1 radical (unpaired) electrons. The maximum atomic E-state index is 11.6. The van der Waals surface area contributed by atoms with Gasteiger partial charge in [0.15, 0.2) is 0 Å². The molecule has 2 aliphatic heterocycles. The zero-order chi connectivity index (χ0) is 12.4. The van der Waals surface area contributed by atoms with Crippen LogP contribution >= 0.6 is 0 Å². The van der Waals surface area contributed by atoms with Crippen LogP contribution in [-0.4, -0.2) is 72.9 Å². The Kier molecular flexibility index (Phi) is 3.59. The van der Waals surface area contributed by atoms with Gasteiger partial charge in [0.25, 0.3) is 5.87 Å². The lowest BCUT2D eigenvalue weighted by Gasteiger charge is -2.26. The van der Waals surface area contributed by atoms with Crippen molar-refractivity contribution in [3.05, 3.63) is 0 Å². The van der Waals surface area contributed by atoms with Gasteiger partial charge < -0.3 is 9.22 Å². The normalized spacial score (nSPS) is 19.8. The van der Waals surface area contributed by atoms with Gasteiger partial charge in [-0.1, -0.05) is 0 Å². The van der Waals surface area contributed by atoms with Crippen molar-refractivity contribution in [2.75, 3.05) is 33.2 Å². The first-order valence-electron chi connectivity index (χ1n) is 6.23. The molecular formula is C11H20BN3O2+. The molecule has 0 N–H and O–H groups in total. The summed E-state index contributed by atoms with van der Waals surface area (Å²) in [5, 5.41) is 0. The average Bonchev–Trinajstić information content (AvgIpc) is 2.61. The molecule has 93 valence electrons. The Morgan fingerprint density at radius 3 is 2.88 bits per heavy atom. The summed E-state index contributed by atoms with van der Waals surface area (Å²) >= 11 is 0. The summed E-state index contributed by atoms with van der Waals surface area (Å²) in [4.78, 5) is 16.1. The van der Waals surface area contributed by atoms with Crippen molar-refractivity contribution in [2.24, 2.45) is 0 Å². The highest BCUT2D eigenvalue weighted by molar-refractivity contribution is 6.66. The first-order chi connectivity index (χ1) is 8.08. The molecule has 1 fully saturated rings. The van der Waals surface area contributed by atoms with Gasteiger partial charge >= 0.3 is 13.4 Å². The molecule has 2 rings (SSSR count). The van der Waals surface area contributed by atoms with Crippen LogP contribution < -0.4 is 0 Å². The number of nitrogens with zero attached hydrogens (tertiary/aromatic N) is 3. The van der Waals surface area contributed by atoms with Gasteiger partial charge in [0, 0.05) is 6.42 Å². The van der Waals surface area contributed by atoms with Crippen LogP contribution in [0.2, 0.25) is 0 Å². The Hall–Kier alpha value is -1.20. The van der Waals surface area contributed by atoms with E-state index in [1.54, 1.807) is 7.41 Å². The standard InChI is InChI=1S/C11H20BN3O2/c1-9(2)17-10(16)12-15-8-7-14-6-4-5-13(3)11(14)15/h9H,4-8H2,1-3H3/q+1. The first-order valence-corrected chi connectivity index (χ1v) is 6.23. The molecule has 0 unspecified atom stereocenters. The molecule has 0 amide bonds. The maximum absolute atomic E-state index is 11.6. The second-order valence-electron chi connectivity index (χ2n) is 4.87. The molecule has 0 atom stereocenters. The van der Waals surface area contributed by atoms with Gasteiger partial charge in [0.2, 0.25) is 0 Å². The highest BCUT2D eigenvalue weighted by Gasteiger charge is 2.37. The number of guanidine groups is 1. The molecule has 1 saturated heterocycles. The van der Waals surface area contributed by atoms with Crippen LogP contribution in [0.15, 0.2) is 0 Å². The zero-order valence-electron chi connectivity index (χ0n) is 10.8. The van der Waals surface area contributed by atoms with Crippen molar-refractivity contribution < 1.29 is 14.0 Å². The van der Waals surface area contributed by atoms with Crippen LogP contribution in [0.4, 0.5) is 4.79 Å². The Bertz CT molecular complexity index is 344. The highest BCUT2D eigenvalue weighted by atomic mass is 16.5. The minimum atomic E-state index is -0.256. The third-order valence-corrected chi connectivity index (χ3v) is 3.03. The first kappa shape index (κ1) is 12.3.